The first kappa shape index (κ1) is 22.4. The highest BCUT2D eigenvalue weighted by Crippen LogP contribution is 2.28. The molecule has 0 spiro atoms. The van der Waals surface area contributed by atoms with Crippen molar-refractivity contribution in [3.8, 4) is 11.6 Å². The lowest BCUT2D eigenvalue weighted by Crippen LogP contribution is -2.45. The largest absolute Gasteiger partial charge is 0.437 e. The molecule has 1 aromatic heterocycles. The number of hydrogen-bond donors (Lipinski definition) is 1. The zero-order chi connectivity index (χ0) is 17.8. The van der Waals surface area contributed by atoms with Crippen LogP contribution < -0.4 is 10.1 Å². The fraction of sp³-hybridized carbons (Fsp3) is 0.450. The molecule has 2 aromatic rings. The maximum atomic E-state index is 12.8. The van der Waals surface area contributed by atoms with Gasteiger partial charge in [-0.3, -0.25) is 9.78 Å². The Bertz CT molecular complexity index is 751. The number of ether oxygens (including phenoxy) is 1. The van der Waals surface area contributed by atoms with E-state index in [2.05, 4.69) is 15.3 Å². The van der Waals surface area contributed by atoms with Crippen molar-refractivity contribution in [2.45, 2.75) is 31.7 Å². The van der Waals surface area contributed by atoms with Gasteiger partial charge in [-0.1, -0.05) is 6.07 Å². The summed E-state index contributed by atoms with van der Waals surface area (Å²) in [6.07, 6.45) is 9.51. The van der Waals surface area contributed by atoms with Crippen molar-refractivity contribution in [2.24, 2.45) is 5.92 Å². The summed E-state index contributed by atoms with van der Waals surface area (Å²) in [5, 5.41) is 3.65. The van der Waals surface area contributed by atoms with Gasteiger partial charge in [-0.05, 0) is 56.3 Å². The van der Waals surface area contributed by atoms with Crippen LogP contribution in [0.1, 0.15) is 36.0 Å². The summed E-state index contributed by atoms with van der Waals surface area (Å²) >= 11 is 0. The Morgan fingerprint density at radius 2 is 1.93 bits per heavy atom. The maximum absolute atomic E-state index is 12.8. The molecule has 1 saturated carbocycles. The standard InChI is InChI=1S/C20H24N4O2.2ClH/c25-20(24-10-6-17(7-11-24)23-13-15-4-5-15)16-2-1-3-18(12-16)26-19-14-21-8-9-22-19;;/h1-3,8-9,12,14-15,17,23H,4-7,10-11,13H2;2*1H. The van der Waals surface area contributed by atoms with Gasteiger partial charge in [-0.15, -0.1) is 24.8 Å². The molecular formula is C20H26Cl2N4O2. The van der Waals surface area contributed by atoms with Crippen LogP contribution >= 0.6 is 24.8 Å². The molecule has 2 aliphatic rings. The van der Waals surface area contributed by atoms with Crippen LogP contribution in [0.2, 0.25) is 0 Å². The molecule has 6 nitrogen and oxygen atoms in total. The molecular weight excluding hydrogens is 399 g/mol. The van der Waals surface area contributed by atoms with Crippen LogP contribution in [-0.2, 0) is 0 Å². The summed E-state index contributed by atoms with van der Waals surface area (Å²) in [5.41, 5.74) is 0.649. The molecule has 1 aliphatic carbocycles. The average molecular weight is 425 g/mol. The number of carbonyl (C=O) groups excluding carboxylic acids is 1. The normalized spacial score (nSPS) is 16.6. The summed E-state index contributed by atoms with van der Waals surface area (Å²) in [4.78, 5) is 22.8. The topological polar surface area (TPSA) is 67.3 Å². The molecule has 1 N–H and O–H groups in total. The summed E-state index contributed by atoms with van der Waals surface area (Å²) in [6.45, 7) is 2.74. The maximum Gasteiger partial charge on any atom is 0.253 e. The highest BCUT2D eigenvalue weighted by molar-refractivity contribution is 5.94. The van der Waals surface area contributed by atoms with Gasteiger partial charge >= 0.3 is 0 Å². The van der Waals surface area contributed by atoms with Crippen molar-refractivity contribution >= 4 is 30.7 Å². The SMILES string of the molecule is Cl.Cl.O=C(c1cccc(Oc2cnccn2)c1)N1CCC(NCC2CC2)CC1. The number of nitrogens with zero attached hydrogens (tertiary/aromatic N) is 3. The van der Waals surface area contributed by atoms with E-state index < -0.39 is 0 Å². The van der Waals surface area contributed by atoms with Crippen LogP contribution in [-0.4, -0.2) is 46.5 Å². The quantitative estimate of drug-likeness (QED) is 0.764. The molecule has 28 heavy (non-hydrogen) atoms. The second kappa shape index (κ2) is 10.6. The van der Waals surface area contributed by atoms with E-state index in [0.29, 0.717) is 23.2 Å². The van der Waals surface area contributed by atoms with Gasteiger partial charge in [0.2, 0.25) is 5.88 Å². The summed E-state index contributed by atoms with van der Waals surface area (Å²) in [6, 6.07) is 7.81. The van der Waals surface area contributed by atoms with Gasteiger partial charge in [0.25, 0.3) is 5.91 Å². The molecule has 0 bridgehead atoms. The Balaban J connectivity index is 0.00000140. The predicted molar refractivity (Wildman–Crippen MR) is 113 cm³/mol. The van der Waals surface area contributed by atoms with E-state index in [0.717, 1.165) is 38.4 Å². The first-order valence-corrected chi connectivity index (χ1v) is 9.34. The molecule has 2 heterocycles. The van der Waals surface area contributed by atoms with Crippen LogP contribution in [0.4, 0.5) is 0 Å². The van der Waals surface area contributed by atoms with Gasteiger partial charge in [0.15, 0.2) is 0 Å². The fourth-order valence-corrected chi connectivity index (χ4v) is 3.28. The fourth-order valence-electron chi connectivity index (χ4n) is 3.28. The number of amides is 1. The van der Waals surface area contributed by atoms with Gasteiger partial charge in [-0.2, -0.15) is 0 Å². The van der Waals surface area contributed by atoms with E-state index in [1.165, 1.54) is 12.8 Å². The predicted octanol–water partition coefficient (Wildman–Crippen LogP) is 3.72. The van der Waals surface area contributed by atoms with Crippen molar-refractivity contribution in [1.29, 1.82) is 0 Å². The molecule has 1 aromatic carbocycles. The number of nitrogens with one attached hydrogen (secondary N) is 1. The first-order valence-electron chi connectivity index (χ1n) is 9.34. The lowest BCUT2D eigenvalue weighted by Gasteiger charge is -2.32. The summed E-state index contributed by atoms with van der Waals surface area (Å²) in [7, 11) is 0. The molecule has 0 unspecified atom stereocenters. The van der Waals surface area contributed by atoms with E-state index in [9.17, 15) is 4.79 Å². The third-order valence-corrected chi connectivity index (χ3v) is 5.02. The zero-order valence-electron chi connectivity index (χ0n) is 15.6. The third-order valence-electron chi connectivity index (χ3n) is 5.02. The second-order valence-corrected chi connectivity index (χ2v) is 7.09. The first-order chi connectivity index (χ1) is 12.8. The monoisotopic (exact) mass is 424 g/mol. The average Bonchev–Trinajstić information content (AvgIpc) is 3.52. The number of likely N-dealkylation sites (tertiary alicyclic amines) is 1. The number of piperidine rings is 1. The molecule has 1 saturated heterocycles. The Labute approximate surface area is 177 Å². The molecule has 2 fully saturated rings. The Kier molecular flexibility index (Phi) is 8.48. The molecule has 0 radical (unpaired) electrons. The minimum atomic E-state index is 0. The molecule has 1 aliphatic heterocycles. The highest BCUT2D eigenvalue weighted by Gasteiger charge is 2.26. The van der Waals surface area contributed by atoms with Gasteiger partial charge in [0.1, 0.15) is 5.75 Å². The van der Waals surface area contributed by atoms with Crippen LogP contribution in [0, 0.1) is 5.92 Å². The van der Waals surface area contributed by atoms with Gasteiger partial charge < -0.3 is 15.0 Å². The Morgan fingerprint density at radius 1 is 1.14 bits per heavy atom. The van der Waals surface area contributed by atoms with Crippen LogP contribution in [0.15, 0.2) is 42.9 Å². The van der Waals surface area contributed by atoms with Crippen molar-refractivity contribution < 1.29 is 9.53 Å². The second-order valence-electron chi connectivity index (χ2n) is 7.09. The molecule has 0 atom stereocenters. The molecule has 152 valence electrons. The van der Waals surface area contributed by atoms with E-state index in [-0.39, 0.29) is 30.7 Å². The number of aromatic nitrogens is 2. The summed E-state index contributed by atoms with van der Waals surface area (Å²) < 4.78 is 5.68. The van der Waals surface area contributed by atoms with Crippen molar-refractivity contribution in [3.05, 3.63) is 48.4 Å². The Morgan fingerprint density at radius 3 is 2.61 bits per heavy atom. The molecule has 1 amide bonds. The lowest BCUT2D eigenvalue weighted by molar-refractivity contribution is 0.0704. The van der Waals surface area contributed by atoms with Crippen LogP contribution in [0.3, 0.4) is 0 Å². The minimum Gasteiger partial charge on any atom is -0.437 e. The Hall–Kier alpha value is -1.89. The zero-order valence-corrected chi connectivity index (χ0v) is 17.3. The number of halogens is 2. The van der Waals surface area contributed by atoms with Crippen molar-refractivity contribution in [2.75, 3.05) is 19.6 Å². The van der Waals surface area contributed by atoms with Crippen molar-refractivity contribution in [1.82, 2.24) is 20.2 Å². The number of rotatable bonds is 6. The minimum absolute atomic E-state index is 0. The number of hydrogen-bond acceptors (Lipinski definition) is 5. The van der Waals surface area contributed by atoms with E-state index in [4.69, 9.17) is 4.74 Å². The van der Waals surface area contributed by atoms with Crippen molar-refractivity contribution in [3.63, 3.8) is 0 Å². The van der Waals surface area contributed by atoms with E-state index in [1.807, 2.05) is 23.1 Å². The smallest absolute Gasteiger partial charge is 0.253 e. The van der Waals surface area contributed by atoms with E-state index in [1.54, 1.807) is 24.7 Å². The summed E-state index contributed by atoms with van der Waals surface area (Å²) in [5.74, 6) is 1.97. The molecule has 8 heteroatoms. The third kappa shape index (κ3) is 6.06. The number of benzene rings is 1. The van der Waals surface area contributed by atoms with Gasteiger partial charge in [0.05, 0.1) is 6.20 Å². The molecule has 4 rings (SSSR count). The van der Waals surface area contributed by atoms with E-state index >= 15 is 0 Å². The highest BCUT2D eigenvalue weighted by atomic mass is 35.5. The van der Waals surface area contributed by atoms with Crippen LogP contribution in [0.5, 0.6) is 11.6 Å². The van der Waals surface area contributed by atoms with Crippen LogP contribution in [0.25, 0.3) is 0 Å². The van der Waals surface area contributed by atoms with Gasteiger partial charge in [0, 0.05) is 37.1 Å². The lowest BCUT2D eigenvalue weighted by atomic mass is 10.0. The number of carbonyl (C=O) groups is 1. The van der Waals surface area contributed by atoms with Gasteiger partial charge in [-0.25, -0.2) is 4.98 Å².